The number of H-pyrrole nitrogens is 1. The van der Waals surface area contributed by atoms with Crippen LogP contribution >= 0.6 is 0 Å². The predicted octanol–water partition coefficient (Wildman–Crippen LogP) is 12.6. The molecule has 3 heteroatoms. The normalized spacial score (nSPS) is 11.3. The lowest BCUT2D eigenvalue weighted by atomic mass is 9.95. The van der Waals surface area contributed by atoms with Crippen molar-refractivity contribution < 1.29 is 0 Å². The number of hydrogen-bond donors (Lipinski definition) is 1. The number of rotatable bonds is 3. The molecular formula is C40H61N3. The molecule has 2 aliphatic carbocycles. The second kappa shape index (κ2) is 21.3. The van der Waals surface area contributed by atoms with Crippen molar-refractivity contribution in [1.82, 2.24) is 15.2 Å². The van der Waals surface area contributed by atoms with Gasteiger partial charge < -0.3 is 0 Å². The maximum Gasteiger partial charge on any atom is 0.0653 e. The van der Waals surface area contributed by atoms with Gasteiger partial charge in [-0.2, -0.15) is 5.10 Å². The molecule has 0 saturated carbocycles. The zero-order chi connectivity index (χ0) is 31.7. The fourth-order valence-corrected chi connectivity index (χ4v) is 4.98. The van der Waals surface area contributed by atoms with E-state index in [1.54, 1.807) is 0 Å². The van der Waals surface area contributed by atoms with E-state index in [4.69, 9.17) is 0 Å². The molecule has 6 rings (SSSR count). The first-order chi connectivity index (χ1) is 20.4. The molecule has 0 amide bonds. The summed E-state index contributed by atoms with van der Waals surface area (Å²) in [6, 6.07) is 15.0. The van der Waals surface area contributed by atoms with Crippen molar-refractivity contribution in [2.75, 3.05) is 0 Å². The van der Waals surface area contributed by atoms with Crippen LogP contribution in [0.4, 0.5) is 0 Å². The summed E-state index contributed by atoms with van der Waals surface area (Å²) in [7, 11) is 0. The van der Waals surface area contributed by atoms with Gasteiger partial charge in [-0.05, 0) is 76.1 Å². The molecule has 236 valence electrons. The van der Waals surface area contributed by atoms with Gasteiger partial charge in [0.2, 0.25) is 0 Å². The average Bonchev–Trinajstić information content (AvgIpc) is 3.81. The van der Waals surface area contributed by atoms with Crippen LogP contribution in [0, 0.1) is 0 Å². The van der Waals surface area contributed by atoms with E-state index in [2.05, 4.69) is 117 Å². The summed E-state index contributed by atoms with van der Waals surface area (Å²) in [6.45, 7) is 25.3. The number of allylic oxidation sites excluding steroid dienone is 2. The van der Waals surface area contributed by atoms with E-state index >= 15 is 0 Å². The number of fused-ring (bicyclic) bond motifs is 3. The van der Waals surface area contributed by atoms with Crippen LogP contribution in [0.3, 0.4) is 0 Å². The molecule has 0 spiro atoms. The highest BCUT2D eigenvalue weighted by atomic mass is 15.1. The van der Waals surface area contributed by atoms with E-state index in [0.717, 1.165) is 18.4 Å². The number of aromatic nitrogens is 3. The van der Waals surface area contributed by atoms with Gasteiger partial charge in [0, 0.05) is 11.6 Å². The van der Waals surface area contributed by atoms with E-state index in [1.807, 2.05) is 60.0 Å². The molecule has 1 N–H and O–H groups in total. The molecule has 4 aromatic rings. The minimum absolute atomic E-state index is 0. The number of aromatic amines is 1. The Morgan fingerprint density at radius 1 is 0.628 bits per heavy atom. The monoisotopic (exact) mass is 583 g/mol. The maximum atomic E-state index is 4.40. The van der Waals surface area contributed by atoms with Crippen LogP contribution in [0.15, 0.2) is 67.0 Å². The van der Waals surface area contributed by atoms with Crippen LogP contribution in [0.1, 0.15) is 147 Å². The van der Waals surface area contributed by atoms with Crippen molar-refractivity contribution in [1.29, 1.82) is 0 Å². The SMILES string of the molecule is C.CC.CC.CC.CC(C)c1cccc2[nH]ncc12.CC(C)c1cccc2c1C=CC2.CC(C)c1nccc2c1C=CC2. The Hall–Kier alpha value is -3.46. The molecule has 0 bridgehead atoms. The Labute approximate surface area is 265 Å². The van der Waals surface area contributed by atoms with Crippen LogP contribution < -0.4 is 0 Å². The van der Waals surface area contributed by atoms with Crippen molar-refractivity contribution in [2.45, 2.75) is 121 Å². The molecule has 0 atom stereocenters. The van der Waals surface area contributed by atoms with Crippen LogP contribution in [-0.2, 0) is 12.8 Å². The predicted molar refractivity (Wildman–Crippen MR) is 195 cm³/mol. The van der Waals surface area contributed by atoms with Crippen LogP contribution in [0.5, 0.6) is 0 Å². The van der Waals surface area contributed by atoms with E-state index in [1.165, 1.54) is 44.5 Å². The van der Waals surface area contributed by atoms with Gasteiger partial charge in [-0.15, -0.1) is 0 Å². The third-order valence-corrected chi connectivity index (χ3v) is 6.90. The highest BCUT2D eigenvalue weighted by molar-refractivity contribution is 5.82. The highest BCUT2D eigenvalue weighted by Crippen LogP contribution is 2.28. The third kappa shape index (κ3) is 11.0. The maximum absolute atomic E-state index is 4.40. The van der Waals surface area contributed by atoms with Gasteiger partial charge in [0.25, 0.3) is 0 Å². The number of pyridine rings is 1. The molecule has 2 aromatic heterocycles. The smallest absolute Gasteiger partial charge is 0.0653 e. The van der Waals surface area contributed by atoms with E-state index in [9.17, 15) is 0 Å². The minimum atomic E-state index is 0. The Morgan fingerprint density at radius 3 is 1.74 bits per heavy atom. The first-order valence-corrected chi connectivity index (χ1v) is 16.2. The Balaban J connectivity index is 0.000000559. The Morgan fingerprint density at radius 2 is 1.16 bits per heavy atom. The van der Waals surface area contributed by atoms with Gasteiger partial charge in [-0.3, -0.25) is 10.1 Å². The summed E-state index contributed by atoms with van der Waals surface area (Å²) >= 11 is 0. The average molecular weight is 584 g/mol. The number of benzene rings is 2. The van der Waals surface area contributed by atoms with Gasteiger partial charge >= 0.3 is 0 Å². The van der Waals surface area contributed by atoms with E-state index in [-0.39, 0.29) is 7.43 Å². The molecular weight excluding hydrogens is 522 g/mol. The molecule has 2 aliphatic rings. The zero-order valence-corrected chi connectivity index (χ0v) is 28.5. The van der Waals surface area contributed by atoms with Gasteiger partial charge in [0.1, 0.15) is 0 Å². The fourth-order valence-electron chi connectivity index (χ4n) is 4.98. The summed E-state index contributed by atoms with van der Waals surface area (Å²) in [5.41, 5.74) is 10.9. The summed E-state index contributed by atoms with van der Waals surface area (Å²) < 4.78 is 0. The van der Waals surface area contributed by atoms with Crippen LogP contribution in [0.2, 0.25) is 0 Å². The van der Waals surface area contributed by atoms with Gasteiger partial charge in [0.15, 0.2) is 0 Å². The van der Waals surface area contributed by atoms with Crippen LogP contribution in [0.25, 0.3) is 23.1 Å². The van der Waals surface area contributed by atoms with E-state index < -0.39 is 0 Å². The lowest BCUT2D eigenvalue weighted by molar-refractivity contribution is 0.817. The Kier molecular flexibility index (Phi) is 19.6. The minimum Gasteiger partial charge on any atom is -0.278 e. The second-order valence-corrected chi connectivity index (χ2v) is 10.5. The molecule has 0 saturated heterocycles. The van der Waals surface area contributed by atoms with Gasteiger partial charge in [0.05, 0.1) is 17.4 Å². The number of nitrogens with one attached hydrogen (secondary N) is 1. The zero-order valence-electron chi connectivity index (χ0n) is 28.5. The standard InChI is InChI=1S/C12H14.C11H13N.C10H12N2.3C2H6.CH4/c1-9(2)11-7-3-5-10-6-4-8-12(10)11;1-8(2)11-10-5-3-4-9(10)6-7-12-11;1-7(2)8-4-3-5-10-9(8)6-11-12-10;3*1-2;/h3-5,7-9H,6H2,1-2H3;3,5-8H,4H2,1-2H3;3-7H,1-2H3,(H,11,12);3*1-2H3;1H4. The molecule has 0 aliphatic heterocycles. The van der Waals surface area contributed by atoms with Crippen LogP contribution in [-0.4, -0.2) is 15.2 Å². The molecule has 3 nitrogen and oxygen atoms in total. The van der Waals surface area contributed by atoms with Crippen molar-refractivity contribution in [3.05, 3.63) is 106 Å². The highest BCUT2D eigenvalue weighted by Gasteiger charge is 2.13. The number of nitrogens with zero attached hydrogens (tertiary/aromatic N) is 2. The summed E-state index contributed by atoms with van der Waals surface area (Å²) in [5.74, 6) is 1.73. The van der Waals surface area contributed by atoms with Crippen molar-refractivity contribution in [3.63, 3.8) is 0 Å². The largest absolute Gasteiger partial charge is 0.278 e. The molecule has 0 fully saturated rings. The fraction of sp³-hybridized carbons (Fsp3) is 0.450. The lowest BCUT2D eigenvalue weighted by Crippen LogP contribution is -1.97. The summed E-state index contributed by atoms with van der Waals surface area (Å²) in [4.78, 5) is 4.40. The van der Waals surface area contributed by atoms with Crippen molar-refractivity contribution in [2.24, 2.45) is 0 Å². The molecule has 0 unspecified atom stereocenters. The van der Waals surface area contributed by atoms with Gasteiger partial charge in [-0.1, -0.05) is 145 Å². The molecule has 43 heavy (non-hydrogen) atoms. The summed E-state index contributed by atoms with van der Waals surface area (Å²) in [6.07, 6.45) is 14.9. The second-order valence-electron chi connectivity index (χ2n) is 10.5. The lowest BCUT2D eigenvalue weighted by Gasteiger charge is -2.10. The first kappa shape index (κ1) is 39.5. The van der Waals surface area contributed by atoms with Crippen molar-refractivity contribution >= 4 is 23.1 Å². The molecule has 2 heterocycles. The molecule has 2 aromatic carbocycles. The quantitative estimate of drug-likeness (QED) is 0.261. The summed E-state index contributed by atoms with van der Waals surface area (Å²) in [5, 5.41) is 8.23. The molecule has 0 radical (unpaired) electrons. The van der Waals surface area contributed by atoms with E-state index in [0.29, 0.717) is 17.8 Å². The topological polar surface area (TPSA) is 41.6 Å². The first-order valence-electron chi connectivity index (χ1n) is 16.2. The Bertz CT molecular complexity index is 1300. The van der Waals surface area contributed by atoms with Gasteiger partial charge in [-0.25, -0.2) is 0 Å². The van der Waals surface area contributed by atoms with Crippen molar-refractivity contribution in [3.8, 4) is 0 Å². The third-order valence-electron chi connectivity index (χ3n) is 6.90. The number of hydrogen-bond acceptors (Lipinski definition) is 2.